The lowest BCUT2D eigenvalue weighted by Crippen LogP contribution is -2.15. The maximum absolute atomic E-state index is 13.9. The van der Waals surface area contributed by atoms with Crippen molar-refractivity contribution in [1.29, 1.82) is 0 Å². The zero-order valence-electron chi connectivity index (χ0n) is 15.2. The third-order valence-corrected chi connectivity index (χ3v) is 5.13. The molecule has 1 atom stereocenters. The van der Waals surface area contributed by atoms with E-state index in [-0.39, 0.29) is 17.4 Å². The molecule has 1 amide bonds. The summed E-state index contributed by atoms with van der Waals surface area (Å²) in [5.74, 6) is -1.37. The van der Waals surface area contributed by atoms with Gasteiger partial charge in [0, 0.05) is 12.6 Å². The summed E-state index contributed by atoms with van der Waals surface area (Å²) >= 11 is 2.39. The van der Waals surface area contributed by atoms with Crippen molar-refractivity contribution in [2.75, 3.05) is 11.1 Å². The quantitative estimate of drug-likeness (QED) is 0.404. The summed E-state index contributed by atoms with van der Waals surface area (Å²) < 4.78 is 34.2. The summed E-state index contributed by atoms with van der Waals surface area (Å²) in [5, 5.41) is 19.1. The number of allylic oxidation sites excluding steroid dienone is 1. The van der Waals surface area contributed by atoms with Gasteiger partial charge >= 0.3 is 0 Å². The summed E-state index contributed by atoms with van der Waals surface area (Å²) in [6.45, 7) is 5.74. The van der Waals surface area contributed by atoms with E-state index in [0.29, 0.717) is 22.7 Å². The van der Waals surface area contributed by atoms with Gasteiger partial charge in [0.2, 0.25) is 11.0 Å². The van der Waals surface area contributed by atoms with Crippen molar-refractivity contribution < 1.29 is 18.3 Å². The van der Waals surface area contributed by atoms with E-state index in [0.717, 1.165) is 12.1 Å². The summed E-state index contributed by atoms with van der Waals surface area (Å²) in [7, 11) is 0. The monoisotopic (exact) mass is 438 g/mol. The zero-order valence-corrected chi connectivity index (χ0v) is 16.8. The highest BCUT2D eigenvalue weighted by molar-refractivity contribution is 7.99. The van der Waals surface area contributed by atoms with Crippen LogP contribution in [0.4, 0.5) is 13.9 Å². The van der Waals surface area contributed by atoms with Crippen LogP contribution in [0, 0.1) is 11.6 Å². The molecule has 12 heteroatoms. The molecule has 3 rings (SSSR count). The van der Waals surface area contributed by atoms with Crippen LogP contribution < -0.4 is 10.1 Å². The summed E-state index contributed by atoms with van der Waals surface area (Å²) in [5.41, 5.74) is 1.51. The molecule has 0 saturated carbocycles. The molecule has 0 aliphatic rings. The number of carbonyl (C=O) groups is 1. The Kier molecular flexibility index (Phi) is 6.88. The number of carbonyl (C=O) groups excluding carboxylic acids is 1. The molecule has 0 saturated heterocycles. The van der Waals surface area contributed by atoms with E-state index in [1.807, 2.05) is 0 Å². The van der Waals surface area contributed by atoms with Gasteiger partial charge in [-0.05, 0) is 19.1 Å². The second kappa shape index (κ2) is 9.56. The predicted molar refractivity (Wildman–Crippen MR) is 105 cm³/mol. The van der Waals surface area contributed by atoms with Gasteiger partial charge in [0.05, 0.1) is 5.75 Å². The van der Waals surface area contributed by atoms with E-state index in [2.05, 4.69) is 32.3 Å². The van der Waals surface area contributed by atoms with Crippen LogP contribution in [-0.4, -0.2) is 36.6 Å². The van der Waals surface area contributed by atoms with Gasteiger partial charge in [0.25, 0.3) is 0 Å². The lowest BCUT2D eigenvalue weighted by atomic mass is 10.3. The fourth-order valence-electron chi connectivity index (χ4n) is 2.34. The third kappa shape index (κ3) is 5.35. The van der Waals surface area contributed by atoms with Crippen LogP contribution in [0.25, 0.3) is 0 Å². The molecule has 8 nitrogen and oxygen atoms in total. The molecule has 0 aliphatic heterocycles. The molecule has 1 unspecified atom stereocenters. The number of hydrogen-bond acceptors (Lipinski definition) is 8. The van der Waals surface area contributed by atoms with Crippen molar-refractivity contribution in [3.05, 3.63) is 53.8 Å². The normalized spacial score (nSPS) is 11.8. The number of thioether (sulfide) groups is 1. The van der Waals surface area contributed by atoms with Gasteiger partial charge in [0.1, 0.15) is 11.3 Å². The van der Waals surface area contributed by atoms with Gasteiger partial charge in [-0.25, -0.2) is 8.78 Å². The molecular weight excluding hydrogens is 422 g/mol. The number of rotatable bonds is 9. The fraction of sp³-hybridized carbons (Fsp3) is 0.235. The van der Waals surface area contributed by atoms with Gasteiger partial charge in [-0.1, -0.05) is 29.2 Å². The summed E-state index contributed by atoms with van der Waals surface area (Å²) in [4.78, 5) is 12.0. The highest BCUT2D eigenvalue weighted by Crippen LogP contribution is 2.27. The first-order valence-corrected chi connectivity index (χ1v) is 10.2. The minimum Gasteiger partial charge on any atom is -0.480 e. The fourth-order valence-corrected chi connectivity index (χ4v) is 3.55. The van der Waals surface area contributed by atoms with Crippen molar-refractivity contribution in [2.24, 2.45) is 0 Å². The Morgan fingerprint density at radius 3 is 2.93 bits per heavy atom. The number of benzene rings is 1. The van der Waals surface area contributed by atoms with Crippen molar-refractivity contribution in [2.45, 2.75) is 24.7 Å². The minimum atomic E-state index is -0.811. The molecule has 0 spiro atoms. The van der Waals surface area contributed by atoms with Crippen LogP contribution in [-0.2, 0) is 11.3 Å². The van der Waals surface area contributed by atoms with Gasteiger partial charge < -0.3 is 4.74 Å². The Hall–Kier alpha value is -2.86. The van der Waals surface area contributed by atoms with Crippen LogP contribution >= 0.6 is 23.1 Å². The number of aromatic nitrogens is 5. The largest absolute Gasteiger partial charge is 0.480 e. The Bertz CT molecular complexity index is 996. The highest BCUT2D eigenvalue weighted by Gasteiger charge is 2.21. The van der Waals surface area contributed by atoms with Crippen molar-refractivity contribution in [3.63, 3.8) is 0 Å². The molecule has 0 bridgehead atoms. The number of nitrogens with zero attached hydrogens (tertiary/aromatic N) is 5. The van der Waals surface area contributed by atoms with Crippen LogP contribution in [0.2, 0.25) is 0 Å². The molecule has 1 aromatic carbocycles. The Morgan fingerprint density at radius 2 is 2.24 bits per heavy atom. The van der Waals surface area contributed by atoms with E-state index < -0.39 is 17.7 Å². The molecule has 2 aromatic heterocycles. The maximum Gasteiger partial charge on any atom is 0.236 e. The Balaban J connectivity index is 1.70. The average molecular weight is 438 g/mol. The molecular formula is C17H16F2N6O2S2. The molecule has 29 heavy (non-hydrogen) atoms. The SMILES string of the molecule is C=CCn1c(SCC(=O)Nc2nncs2)nnc1C(C)Oc1ccc(F)cc1F. The highest BCUT2D eigenvalue weighted by atomic mass is 32.2. The smallest absolute Gasteiger partial charge is 0.236 e. The first-order valence-electron chi connectivity index (χ1n) is 8.32. The van der Waals surface area contributed by atoms with Crippen LogP contribution in [0.15, 0.2) is 41.5 Å². The predicted octanol–water partition coefficient (Wildman–Crippen LogP) is 3.46. The van der Waals surface area contributed by atoms with Gasteiger partial charge in [-0.15, -0.1) is 27.0 Å². The van der Waals surface area contributed by atoms with E-state index in [1.165, 1.54) is 34.7 Å². The standard InChI is InChI=1S/C17H16F2N6O2S2/c1-3-6-25-15(10(2)27-13-5-4-11(18)7-12(13)19)22-24-17(25)28-8-14(26)21-16-23-20-9-29-16/h3-5,7,9-10H,1,6,8H2,2H3,(H,21,23,26). The maximum atomic E-state index is 13.9. The van der Waals surface area contributed by atoms with Gasteiger partial charge in [0.15, 0.2) is 28.7 Å². The van der Waals surface area contributed by atoms with Crippen LogP contribution in [0.3, 0.4) is 0 Å². The van der Waals surface area contributed by atoms with E-state index in [9.17, 15) is 13.6 Å². The summed E-state index contributed by atoms with van der Waals surface area (Å²) in [6.07, 6.45) is 0.968. The van der Waals surface area contributed by atoms with Gasteiger partial charge in [-0.3, -0.25) is 14.7 Å². The third-order valence-electron chi connectivity index (χ3n) is 3.56. The lowest BCUT2D eigenvalue weighted by Gasteiger charge is -2.16. The number of nitrogens with one attached hydrogen (secondary N) is 1. The second-order valence-corrected chi connectivity index (χ2v) is 7.43. The number of halogens is 2. The lowest BCUT2D eigenvalue weighted by molar-refractivity contribution is -0.113. The number of ether oxygens (including phenoxy) is 1. The molecule has 1 N–H and O–H groups in total. The van der Waals surface area contributed by atoms with Crippen molar-refractivity contribution in [3.8, 4) is 5.75 Å². The topological polar surface area (TPSA) is 94.8 Å². The number of hydrogen-bond donors (Lipinski definition) is 1. The Labute approximate surface area is 173 Å². The van der Waals surface area contributed by atoms with E-state index in [4.69, 9.17) is 4.74 Å². The van der Waals surface area contributed by atoms with Crippen LogP contribution in [0.5, 0.6) is 5.75 Å². The van der Waals surface area contributed by atoms with E-state index >= 15 is 0 Å². The van der Waals surface area contributed by atoms with E-state index in [1.54, 1.807) is 17.6 Å². The van der Waals surface area contributed by atoms with Crippen molar-refractivity contribution >= 4 is 34.1 Å². The minimum absolute atomic E-state index is 0.0800. The molecule has 0 fully saturated rings. The molecule has 152 valence electrons. The second-order valence-electron chi connectivity index (χ2n) is 5.66. The molecule has 2 heterocycles. The number of anilines is 1. The Morgan fingerprint density at radius 1 is 1.41 bits per heavy atom. The van der Waals surface area contributed by atoms with Crippen LogP contribution in [0.1, 0.15) is 18.9 Å². The summed E-state index contributed by atoms with van der Waals surface area (Å²) in [6, 6.07) is 3.06. The zero-order chi connectivity index (χ0) is 20.8. The molecule has 0 aliphatic carbocycles. The van der Waals surface area contributed by atoms with Crippen molar-refractivity contribution in [1.82, 2.24) is 25.0 Å². The molecule has 3 aromatic rings. The average Bonchev–Trinajstić information content (AvgIpc) is 3.32. The first-order chi connectivity index (χ1) is 14.0. The molecule has 0 radical (unpaired) electrons. The number of amides is 1. The first kappa shape index (κ1) is 20.9. The van der Waals surface area contributed by atoms with Gasteiger partial charge in [-0.2, -0.15) is 0 Å².